The second-order valence-corrected chi connectivity index (χ2v) is 6.19. The largest absolute Gasteiger partial charge is 0.355 e. The van der Waals surface area contributed by atoms with Crippen LogP contribution in [-0.2, 0) is 4.79 Å². The highest BCUT2D eigenvalue weighted by Gasteiger charge is 2.50. The van der Waals surface area contributed by atoms with E-state index in [2.05, 4.69) is 24.1 Å². The van der Waals surface area contributed by atoms with Gasteiger partial charge < -0.3 is 11.1 Å². The molecule has 2 rings (SSSR count). The molecule has 1 heterocycles. The quantitative estimate of drug-likeness (QED) is 0.712. The van der Waals surface area contributed by atoms with E-state index in [1.54, 1.807) is 0 Å². The van der Waals surface area contributed by atoms with Gasteiger partial charge in [-0.05, 0) is 31.1 Å². The number of hydrogen-bond acceptors (Lipinski definition) is 3. The summed E-state index contributed by atoms with van der Waals surface area (Å²) in [5.41, 5.74) is 6.27. The van der Waals surface area contributed by atoms with Crippen molar-refractivity contribution in [3.63, 3.8) is 0 Å². The summed E-state index contributed by atoms with van der Waals surface area (Å²) in [5, 5.41) is 2.96. The molecule has 1 saturated heterocycles. The lowest BCUT2D eigenvalue weighted by atomic mass is 9.86. The summed E-state index contributed by atoms with van der Waals surface area (Å²) in [4.78, 5) is 13.8. The average Bonchev–Trinajstić information content (AvgIpc) is 2.97. The Labute approximate surface area is 104 Å². The minimum absolute atomic E-state index is 0.0260. The molecule has 17 heavy (non-hydrogen) atoms. The molecule has 0 unspecified atom stereocenters. The highest BCUT2D eigenvalue weighted by molar-refractivity contribution is 5.78. The fourth-order valence-corrected chi connectivity index (χ4v) is 2.57. The summed E-state index contributed by atoms with van der Waals surface area (Å²) in [7, 11) is 0. The summed E-state index contributed by atoms with van der Waals surface area (Å²) >= 11 is 0. The Balaban J connectivity index is 1.58. The first-order valence-electron chi connectivity index (χ1n) is 6.77. The van der Waals surface area contributed by atoms with Gasteiger partial charge in [0.05, 0.1) is 6.54 Å². The normalized spacial score (nSPS) is 23.5. The smallest absolute Gasteiger partial charge is 0.234 e. The van der Waals surface area contributed by atoms with E-state index < -0.39 is 0 Å². The maximum Gasteiger partial charge on any atom is 0.234 e. The predicted molar refractivity (Wildman–Crippen MR) is 68.5 cm³/mol. The van der Waals surface area contributed by atoms with Crippen LogP contribution in [0.3, 0.4) is 0 Å². The second-order valence-electron chi connectivity index (χ2n) is 6.19. The van der Waals surface area contributed by atoms with Gasteiger partial charge in [0.15, 0.2) is 0 Å². The van der Waals surface area contributed by atoms with E-state index >= 15 is 0 Å². The third-order valence-corrected chi connectivity index (χ3v) is 3.84. The van der Waals surface area contributed by atoms with Gasteiger partial charge >= 0.3 is 0 Å². The van der Waals surface area contributed by atoms with Crippen molar-refractivity contribution >= 4 is 5.91 Å². The molecular formula is C13H25N3O. The van der Waals surface area contributed by atoms with E-state index in [0.29, 0.717) is 12.5 Å². The number of nitrogens with two attached hydrogens (primary N) is 1. The zero-order valence-electron chi connectivity index (χ0n) is 11.0. The van der Waals surface area contributed by atoms with Gasteiger partial charge in [0, 0.05) is 25.2 Å². The van der Waals surface area contributed by atoms with Gasteiger partial charge in [0.1, 0.15) is 0 Å². The molecular weight excluding hydrogens is 214 g/mol. The van der Waals surface area contributed by atoms with Crippen LogP contribution in [-0.4, -0.2) is 42.5 Å². The molecule has 1 saturated carbocycles. The van der Waals surface area contributed by atoms with Gasteiger partial charge in [-0.15, -0.1) is 0 Å². The van der Waals surface area contributed by atoms with Gasteiger partial charge in [-0.2, -0.15) is 0 Å². The minimum atomic E-state index is 0.0260. The molecule has 2 aliphatic rings. The molecule has 98 valence electrons. The first kappa shape index (κ1) is 12.8. The van der Waals surface area contributed by atoms with E-state index in [9.17, 15) is 4.79 Å². The highest BCUT2D eigenvalue weighted by atomic mass is 16.2. The van der Waals surface area contributed by atoms with Crippen LogP contribution in [0.15, 0.2) is 0 Å². The second kappa shape index (κ2) is 4.94. The Morgan fingerprint density at radius 1 is 1.47 bits per heavy atom. The van der Waals surface area contributed by atoms with E-state index in [-0.39, 0.29) is 11.4 Å². The lowest BCUT2D eigenvalue weighted by Gasteiger charge is -2.48. The van der Waals surface area contributed by atoms with Crippen molar-refractivity contribution in [2.24, 2.45) is 17.6 Å². The molecule has 4 heteroatoms. The third-order valence-electron chi connectivity index (χ3n) is 3.84. The molecule has 0 aromatic rings. The van der Waals surface area contributed by atoms with Crippen LogP contribution in [0.4, 0.5) is 0 Å². The van der Waals surface area contributed by atoms with Gasteiger partial charge in [-0.25, -0.2) is 0 Å². The number of carbonyl (C=O) groups excluding carboxylic acids is 1. The SMILES string of the molecule is CC(C)CCNC(=O)CN1CC(N)(C2CC2)C1. The van der Waals surface area contributed by atoms with Gasteiger partial charge in [-0.1, -0.05) is 13.8 Å². The molecule has 2 fully saturated rings. The van der Waals surface area contributed by atoms with Crippen LogP contribution in [0, 0.1) is 11.8 Å². The molecule has 0 atom stereocenters. The number of hydrogen-bond donors (Lipinski definition) is 2. The van der Waals surface area contributed by atoms with E-state index in [1.165, 1.54) is 12.8 Å². The number of carbonyl (C=O) groups is 1. The van der Waals surface area contributed by atoms with Crippen LogP contribution in [0.2, 0.25) is 0 Å². The van der Waals surface area contributed by atoms with Crippen molar-refractivity contribution in [3.8, 4) is 0 Å². The van der Waals surface area contributed by atoms with Crippen molar-refractivity contribution in [2.75, 3.05) is 26.2 Å². The number of amides is 1. The fourth-order valence-electron chi connectivity index (χ4n) is 2.57. The number of nitrogens with zero attached hydrogens (tertiary/aromatic N) is 1. The predicted octanol–water partition coefficient (Wildman–Crippen LogP) is 0.572. The van der Waals surface area contributed by atoms with Crippen molar-refractivity contribution < 1.29 is 4.79 Å². The Morgan fingerprint density at radius 3 is 2.65 bits per heavy atom. The van der Waals surface area contributed by atoms with Crippen molar-refractivity contribution in [3.05, 3.63) is 0 Å². The minimum Gasteiger partial charge on any atom is -0.355 e. The molecule has 0 aromatic carbocycles. The van der Waals surface area contributed by atoms with Crippen molar-refractivity contribution in [2.45, 2.75) is 38.6 Å². The Bertz CT molecular complexity index is 280. The summed E-state index contributed by atoms with van der Waals surface area (Å²) in [6.07, 6.45) is 3.62. The molecule has 1 amide bonds. The topological polar surface area (TPSA) is 58.4 Å². The molecule has 1 aliphatic heterocycles. The standard InChI is InChI=1S/C13H25N3O/c1-10(2)5-6-15-12(17)7-16-8-13(14,9-16)11-3-4-11/h10-11H,3-9,14H2,1-2H3,(H,15,17). The molecule has 0 spiro atoms. The van der Waals surface area contributed by atoms with Crippen molar-refractivity contribution in [1.82, 2.24) is 10.2 Å². The lowest BCUT2D eigenvalue weighted by molar-refractivity contribution is -0.124. The molecule has 3 N–H and O–H groups in total. The first-order valence-corrected chi connectivity index (χ1v) is 6.77. The van der Waals surface area contributed by atoms with Gasteiger partial charge in [0.2, 0.25) is 5.91 Å². The van der Waals surface area contributed by atoms with Crippen LogP contribution in [0.25, 0.3) is 0 Å². The zero-order chi connectivity index (χ0) is 12.5. The monoisotopic (exact) mass is 239 g/mol. The molecule has 0 radical (unpaired) electrons. The Hall–Kier alpha value is -0.610. The lowest BCUT2D eigenvalue weighted by Crippen LogP contribution is -2.69. The Kier molecular flexibility index (Phi) is 3.73. The number of likely N-dealkylation sites (tertiary alicyclic amines) is 1. The van der Waals surface area contributed by atoms with Crippen LogP contribution < -0.4 is 11.1 Å². The highest BCUT2D eigenvalue weighted by Crippen LogP contribution is 2.42. The molecule has 4 nitrogen and oxygen atoms in total. The van der Waals surface area contributed by atoms with Crippen molar-refractivity contribution in [1.29, 1.82) is 0 Å². The van der Waals surface area contributed by atoms with Crippen LogP contribution >= 0.6 is 0 Å². The molecule has 0 bridgehead atoms. The average molecular weight is 239 g/mol. The number of rotatable bonds is 6. The summed E-state index contributed by atoms with van der Waals surface area (Å²) < 4.78 is 0. The maximum absolute atomic E-state index is 11.6. The van der Waals surface area contributed by atoms with Crippen LogP contribution in [0.1, 0.15) is 33.1 Å². The zero-order valence-corrected chi connectivity index (χ0v) is 11.0. The van der Waals surface area contributed by atoms with Gasteiger partial charge in [0.25, 0.3) is 0 Å². The maximum atomic E-state index is 11.6. The summed E-state index contributed by atoms with van der Waals surface area (Å²) in [6, 6.07) is 0. The summed E-state index contributed by atoms with van der Waals surface area (Å²) in [6.45, 7) is 7.44. The number of nitrogens with one attached hydrogen (secondary N) is 1. The van der Waals surface area contributed by atoms with E-state index in [4.69, 9.17) is 5.73 Å². The first-order chi connectivity index (χ1) is 7.99. The molecule has 0 aromatic heterocycles. The van der Waals surface area contributed by atoms with Crippen LogP contribution in [0.5, 0.6) is 0 Å². The van der Waals surface area contributed by atoms with E-state index in [1.807, 2.05) is 0 Å². The summed E-state index contributed by atoms with van der Waals surface area (Å²) in [5.74, 6) is 1.51. The molecule has 1 aliphatic carbocycles. The van der Waals surface area contributed by atoms with Gasteiger partial charge in [-0.3, -0.25) is 9.69 Å². The van der Waals surface area contributed by atoms with E-state index in [0.717, 1.165) is 32.0 Å². The Morgan fingerprint density at radius 2 is 2.12 bits per heavy atom. The third kappa shape index (κ3) is 3.42. The fraction of sp³-hybridized carbons (Fsp3) is 0.923.